The van der Waals surface area contributed by atoms with Crippen molar-refractivity contribution in [1.82, 2.24) is 0 Å². The fraction of sp³-hybridized carbons (Fsp3) is 0. The van der Waals surface area contributed by atoms with E-state index in [4.69, 9.17) is 8.83 Å². The van der Waals surface area contributed by atoms with Crippen molar-refractivity contribution >= 4 is 71.7 Å². The van der Waals surface area contributed by atoms with Crippen LogP contribution in [0.3, 0.4) is 0 Å². The molecule has 0 N–H and O–H groups in total. The largest absolute Gasteiger partial charge is 0.456 e. The van der Waals surface area contributed by atoms with Gasteiger partial charge in [-0.1, -0.05) is 97.1 Å². The Morgan fingerprint density at radius 1 is 0.395 bits per heavy atom. The monoisotopic (exact) mass is 551 g/mol. The molecule has 0 bridgehead atoms. The Kier molecular flexibility index (Phi) is 5.20. The molecule has 0 spiro atoms. The fourth-order valence-corrected chi connectivity index (χ4v) is 6.48. The molecule has 2 heterocycles. The predicted octanol–water partition coefficient (Wildman–Crippen LogP) is 11.8. The van der Waals surface area contributed by atoms with E-state index in [0.717, 1.165) is 77.5 Å². The van der Waals surface area contributed by atoms with Gasteiger partial charge in [-0.25, -0.2) is 0 Å². The van der Waals surface area contributed by atoms with Crippen molar-refractivity contribution in [3.8, 4) is 11.1 Å². The van der Waals surface area contributed by atoms with Gasteiger partial charge in [0.1, 0.15) is 22.3 Å². The Bertz CT molecular complexity index is 2450. The molecule has 0 atom stereocenters. The van der Waals surface area contributed by atoms with Crippen LogP contribution in [0.5, 0.6) is 0 Å². The maximum atomic E-state index is 6.51. The van der Waals surface area contributed by atoms with Gasteiger partial charge in [0.15, 0.2) is 0 Å². The van der Waals surface area contributed by atoms with Gasteiger partial charge in [0.25, 0.3) is 0 Å². The third-order valence-corrected chi connectivity index (χ3v) is 8.44. The van der Waals surface area contributed by atoms with Crippen LogP contribution in [0.4, 0.5) is 17.1 Å². The normalized spacial score (nSPS) is 11.7. The van der Waals surface area contributed by atoms with E-state index in [-0.39, 0.29) is 0 Å². The van der Waals surface area contributed by atoms with Gasteiger partial charge in [-0.2, -0.15) is 0 Å². The van der Waals surface area contributed by atoms with Gasteiger partial charge in [0.2, 0.25) is 0 Å². The maximum absolute atomic E-state index is 6.51. The molecule has 43 heavy (non-hydrogen) atoms. The van der Waals surface area contributed by atoms with Gasteiger partial charge in [-0.3, -0.25) is 0 Å². The summed E-state index contributed by atoms with van der Waals surface area (Å²) in [6.45, 7) is 0. The summed E-state index contributed by atoms with van der Waals surface area (Å²) in [7, 11) is 0. The van der Waals surface area contributed by atoms with E-state index in [1.54, 1.807) is 0 Å². The second-order valence-corrected chi connectivity index (χ2v) is 10.9. The molecule has 0 radical (unpaired) electrons. The maximum Gasteiger partial charge on any atom is 0.143 e. The van der Waals surface area contributed by atoms with E-state index in [1.165, 1.54) is 5.39 Å². The first-order valence-electron chi connectivity index (χ1n) is 14.5. The van der Waals surface area contributed by atoms with Crippen molar-refractivity contribution in [2.45, 2.75) is 0 Å². The first-order valence-corrected chi connectivity index (χ1v) is 14.5. The lowest BCUT2D eigenvalue weighted by Crippen LogP contribution is -2.09. The van der Waals surface area contributed by atoms with Gasteiger partial charge in [0.05, 0.1) is 0 Å². The molecule has 0 aliphatic carbocycles. The van der Waals surface area contributed by atoms with Crippen LogP contribution in [0.1, 0.15) is 0 Å². The lowest BCUT2D eigenvalue weighted by Gasteiger charge is -2.26. The summed E-state index contributed by atoms with van der Waals surface area (Å²) in [5, 5.41) is 6.84. The van der Waals surface area contributed by atoms with Gasteiger partial charge in [0, 0.05) is 44.2 Å². The molecule has 9 rings (SSSR count). The summed E-state index contributed by atoms with van der Waals surface area (Å²) < 4.78 is 12.6. The Morgan fingerprint density at radius 3 is 1.98 bits per heavy atom. The van der Waals surface area contributed by atoms with Crippen LogP contribution >= 0.6 is 0 Å². The molecule has 3 heteroatoms. The highest BCUT2D eigenvalue weighted by molar-refractivity contribution is 6.21. The van der Waals surface area contributed by atoms with E-state index in [2.05, 4.69) is 138 Å². The minimum Gasteiger partial charge on any atom is -0.456 e. The minimum absolute atomic E-state index is 0.889. The molecular formula is C40H25NO2. The zero-order chi connectivity index (χ0) is 28.3. The van der Waals surface area contributed by atoms with Gasteiger partial charge < -0.3 is 13.7 Å². The molecule has 9 aromatic rings. The molecule has 0 fully saturated rings. The van der Waals surface area contributed by atoms with Gasteiger partial charge in [-0.05, 0) is 70.9 Å². The zero-order valence-corrected chi connectivity index (χ0v) is 23.2. The van der Waals surface area contributed by atoms with Crippen LogP contribution in [0.2, 0.25) is 0 Å². The Balaban J connectivity index is 1.24. The second kappa shape index (κ2) is 9.37. The van der Waals surface area contributed by atoms with E-state index in [0.29, 0.717) is 0 Å². The average Bonchev–Trinajstić information content (AvgIpc) is 3.64. The van der Waals surface area contributed by atoms with Crippen LogP contribution in [0.15, 0.2) is 160 Å². The number of fused-ring (bicyclic) bond motifs is 8. The van der Waals surface area contributed by atoms with Crippen LogP contribution in [0.25, 0.3) is 65.8 Å². The smallest absolute Gasteiger partial charge is 0.143 e. The first kappa shape index (κ1) is 23.9. The summed E-state index contributed by atoms with van der Waals surface area (Å²) in [5.41, 5.74) is 9.13. The number of anilines is 3. The highest BCUT2D eigenvalue weighted by Gasteiger charge is 2.18. The standard InChI is InChI=1S/C40H25NO2/c1-3-10-26(11-4-1)32-15-9-16-34-39-31-21-19-29(24-27(31)18-22-38(39)43-40(32)34)41(28-12-5-2-6-13-28)30-20-23-37-35(25-30)33-14-7-8-17-36(33)42-37/h1-25H. The molecule has 0 saturated heterocycles. The topological polar surface area (TPSA) is 29.5 Å². The van der Waals surface area contributed by atoms with E-state index >= 15 is 0 Å². The fourth-order valence-electron chi connectivity index (χ4n) is 6.48. The number of hydrogen-bond donors (Lipinski definition) is 0. The van der Waals surface area contributed by atoms with Crippen molar-refractivity contribution in [2.24, 2.45) is 0 Å². The second-order valence-electron chi connectivity index (χ2n) is 10.9. The molecule has 3 nitrogen and oxygen atoms in total. The van der Waals surface area contributed by atoms with Crippen molar-refractivity contribution in [3.63, 3.8) is 0 Å². The number of nitrogens with zero attached hydrogens (tertiary/aromatic N) is 1. The molecular weight excluding hydrogens is 526 g/mol. The minimum atomic E-state index is 0.889. The summed E-state index contributed by atoms with van der Waals surface area (Å²) in [5.74, 6) is 0. The third-order valence-electron chi connectivity index (χ3n) is 8.44. The SMILES string of the molecule is c1ccc(-c2cccc3c2oc2ccc4cc(N(c5ccccc5)c5ccc6oc7ccccc7c6c5)ccc4c23)cc1. The number of benzene rings is 7. The molecule has 2 aromatic heterocycles. The summed E-state index contributed by atoms with van der Waals surface area (Å²) in [6, 6.07) is 53.1. The van der Waals surface area contributed by atoms with Crippen LogP contribution in [0, 0.1) is 0 Å². The molecule has 0 unspecified atom stereocenters. The van der Waals surface area contributed by atoms with Crippen LogP contribution < -0.4 is 4.90 Å². The molecule has 202 valence electrons. The number of hydrogen-bond acceptors (Lipinski definition) is 3. The first-order chi connectivity index (χ1) is 21.3. The summed E-state index contributed by atoms with van der Waals surface area (Å²) >= 11 is 0. The summed E-state index contributed by atoms with van der Waals surface area (Å²) in [4.78, 5) is 2.31. The van der Waals surface area contributed by atoms with Gasteiger partial charge in [-0.15, -0.1) is 0 Å². The van der Waals surface area contributed by atoms with Crippen LogP contribution in [-0.4, -0.2) is 0 Å². The third kappa shape index (κ3) is 3.75. The van der Waals surface area contributed by atoms with Crippen molar-refractivity contribution in [3.05, 3.63) is 152 Å². The number of rotatable bonds is 4. The van der Waals surface area contributed by atoms with E-state index < -0.39 is 0 Å². The van der Waals surface area contributed by atoms with Crippen molar-refractivity contribution in [2.75, 3.05) is 4.90 Å². The van der Waals surface area contributed by atoms with Gasteiger partial charge >= 0.3 is 0 Å². The highest BCUT2D eigenvalue weighted by Crippen LogP contribution is 2.42. The number of furan rings is 2. The molecule has 0 aliphatic heterocycles. The predicted molar refractivity (Wildman–Crippen MR) is 179 cm³/mol. The Hall–Kier alpha value is -5.80. The quantitative estimate of drug-likeness (QED) is 0.218. The molecule has 0 amide bonds. The summed E-state index contributed by atoms with van der Waals surface area (Å²) in [6.07, 6.45) is 0. The number of para-hydroxylation sites is 3. The molecule has 0 aliphatic rings. The Morgan fingerprint density at radius 2 is 1.09 bits per heavy atom. The zero-order valence-electron chi connectivity index (χ0n) is 23.2. The highest BCUT2D eigenvalue weighted by atomic mass is 16.3. The van der Waals surface area contributed by atoms with Crippen LogP contribution in [-0.2, 0) is 0 Å². The lowest BCUT2D eigenvalue weighted by molar-refractivity contribution is 0.669. The van der Waals surface area contributed by atoms with E-state index in [1.807, 2.05) is 18.2 Å². The molecule has 0 saturated carbocycles. The van der Waals surface area contributed by atoms with E-state index in [9.17, 15) is 0 Å². The average molecular weight is 552 g/mol. The Labute approximate surface area is 247 Å². The van der Waals surface area contributed by atoms with Crippen molar-refractivity contribution < 1.29 is 8.83 Å². The van der Waals surface area contributed by atoms with Crippen molar-refractivity contribution in [1.29, 1.82) is 0 Å². The molecule has 7 aromatic carbocycles. The lowest BCUT2D eigenvalue weighted by atomic mass is 9.99.